The Labute approximate surface area is 114 Å². The van der Waals surface area contributed by atoms with Crippen LogP contribution in [0.3, 0.4) is 0 Å². The summed E-state index contributed by atoms with van der Waals surface area (Å²) in [4.78, 5) is 12.7. The highest BCUT2D eigenvalue weighted by Crippen LogP contribution is 2.29. The third-order valence-electron chi connectivity index (χ3n) is 3.83. The van der Waals surface area contributed by atoms with Crippen molar-refractivity contribution < 1.29 is 14.3 Å². The minimum absolute atomic E-state index is 0.0938. The average molecular weight is 262 g/mol. The molecule has 1 aromatic rings. The molecule has 0 N–H and O–H groups in total. The largest absolute Gasteiger partial charge is 0.381 e. The maximum Gasteiger partial charge on any atom is 0.194 e. The van der Waals surface area contributed by atoms with Crippen molar-refractivity contribution in [2.24, 2.45) is 0 Å². The quantitative estimate of drug-likeness (QED) is 0.765. The first-order valence-corrected chi connectivity index (χ1v) is 6.98. The van der Waals surface area contributed by atoms with Crippen molar-refractivity contribution in [2.75, 3.05) is 20.3 Å². The van der Waals surface area contributed by atoms with E-state index in [1.165, 1.54) is 5.56 Å². The van der Waals surface area contributed by atoms with Gasteiger partial charge in [-0.25, -0.2) is 0 Å². The van der Waals surface area contributed by atoms with Crippen LogP contribution in [-0.4, -0.2) is 31.7 Å². The second kappa shape index (κ2) is 6.31. The Kier molecular flexibility index (Phi) is 4.72. The number of methoxy groups -OCH3 is 1. The van der Waals surface area contributed by atoms with Crippen LogP contribution in [-0.2, 0) is 15.9 Å². The highest BCUT2D eigenvalue weighted by molar-refractivity contribution is 6.02. The molecule has 1 saturated heterocycles. The second-order valence-corrected chi connectivity index (χ2v) is 5.09. The summed E-state index contributed by atoms with van der Waals surface area (Å²) in [5.41, 5.74) is 1.28. The average Bonchev–Trinajstić information content (AvgIpc) is 2.48. The topological polar surface area (TPSA) is 35.5 Å². The van der Waals surface area contributed by atoms with Gasteiger partial charge in [0.25, 0.3) is 0 Å². The highest BCUT2D eigenvalue weighted by atomic mass is 16.5. The van der Waals surface area contributed by atoms with Crippen molar-refractivity contribution in [1.82, 2.24) is 0 Å². The zero-order valence-electron chi connectivity index (χ0n) is 11.8. The number of hydrogen-bond acceptors (Lipinski definition) is 3. The lowest BCUT2D eigenvalue weighted by atomic mass is 9.85. The Bertz CT molecular complexity index is 433. The van der Waals surface area contributed by atoms with Gasteiger partial charge < -0.3 is 9.47 Å². The smallest absolute Gasteiger partial charge is 0.194 e. The molecule has 0 unspecified atom stereocenters. The first-order chi connectivity index (χ1) is 9.22. The summed E-state index contributed by atoms with van der Waals surface area (Å²) < 4.78 is 10.9. The predicted octanol–water partition coefficient (Wildman–Crippen LogP) is 3.02. The van der Waals surface area contributed by atoms with E-state index in [0.717, 1.165) is 18.4 Å². The molecule has 1 fully saturated rings. The molecule has 3 nitrogen and oxygen atoms in total. The Morgan fingerprint density at radius 3 is 2.74 bits per heavy atom. The van der Waals surface area contributed by atoms with Crippen LogP contribution < -0.4 is 0 Å². The molecule has 0 spiro atoms. The van der Waals surface area contributed by atoms with Crippen LogP contribution in [0.25, 0.3) is 0 Å². The molecule has 0 aliphatic carbocycles. The Morgan fingerprint density at radius 1 is 1.37 bits per heavy atom. The molecule has 1 aliphatic rings. The summed E-state index contributed by atoms with van der Waals surface area (Å²) in [6.45, 7) is 3.33. The van der Waals surface area contributed by atoms with Crippen LogP contribution in [0.15, 0.2) is 24.3 Å². The third-order valence-corrected chi connectivity index (χ3v) is 3.83. The van der Waals surface area contributed by atoms with Gasteiger partial charge in [0.05, 0.1) is 0 Å². The molecule has 0 saturated carbocycles. The van der Waals surface area contributed by atoms with E-state index in [1.807, 2.05) is 18.2 Å². The Hall–Kier alpha value is -1.19. The van der Waals surface area contributed by atoms with Crippen LogP contribution in [0.2, 0.25) is 0 Å². The Morgan fingerprint density at radius 2 is 2.11 bits per heavy atom. The molecule has 0 aromatic heterocycles. The molecule has 0 amide bonds. The molecule has 0 radical (unpaired) electrons. The van der Waals surface area contributed by atoms with Crippen molar-refractivity contribution in [3.8, 4) is 0 Å². The molecule has 1 aromatic carbocycles. The maximum absolute atomic E-state index is 12.7. The fourth-order valence-corrected chi connectivity index (χ4v) is 2.64. The number of carbonyl (C=O) groups is 1. The maximum atomic E-state index is 12.7. The number of ether oxygens (including phenoxy) is 2. The van der Waals surface area contributed by atoms with Crippen LogP contribution >= 0.6 is 0 Å². The summed E-state index contributed by atoms with van der Waals surface area (Å²) in [6.07, 6.45) is 3.37. The molecule has 2 rings (SSSR count). The summed E-state index contributed by atoms with van der Waals surface area (Å²) in [7, 11) is 1.62. The standard InChI is InChI=1S/C16H22O3/c1-3-5-13-6-4-7-14(12-13)15(17)16(18-2)8-10-19-11-9-16/h4,6-7,12H,3,5,8-11H2,1-2H3. The molecule has 19 heavy (non-hydrogen) atoms. The van der Waals surface area contributed by atoms with Crippen molar-refractivity contribution in [3.63, 3.8) is 0 Å². The number of hydrogen-bond donors (Lipinski definition) is 0. The third kappa shape index (κ3) is 3.04. The van der Waals surface area contributed by atoms with Gasteiger partial charge >= 0.3 is 0 Å². The molecule has 1 heterocycles. The van der Waals surface area contributed by atoms with Gasteiger partial charge in [0.1, 0.15) is 5.60 Å². The zero-order chi connectivity index (χ0) is 13.7. The molecule has 3 heteroatoms. The molecule has 1 aliphatic heterocycles. The van der Waals surface area contributed by atoms with Crippen LogP contribution in [0, 0.1) is 0 Å². The lowest BCUT2D eigenvalue weighted by molar-refractivity contribution is -0.0663. The van der Waals surface area contributed by atoms with Gasteiger partial charge in [-0.1, -0.05) is 31.5 Å². The fraction of sp³-hybridized carbons (Fsp3) is 0.562. The first kappa shape index (κ1) is 14.2. The molecular formula is C16H22O3. The normalized spacial score (nSPS) is 18.2. The van der Waals surface area contributed by atoms with E-state index in [1.54, 1.807) is 7.11 Å². The first-order valence-electron chi connectivity index (χ1n) is 6.98. The lowest BCUT2D eigenvalue weighted by Gasteiger charge is -2.34. The van der Waals surface area contributed by atoms with E-state index in [4.69, 9.17) is 9.47 Å². The van der Waals surface area contributed by atoms with Crippen LogP contribution in [0.4, 0.5) is 0 Å². The zero-order valence-corrected chi connectivity index (χ0v) is 11.8. The van der Waals surface area contributed by atoms with Gasteiger partial charge in [0.15, 0.2) is 5.78 Å². The number of ketones is 1. The number of carbonyl (C=O) groups excluding carboxylic acids is 1. The summed E-state index contributed by atoms with van der Waals surface area (Å²) in [5.74, 6) is 0.0938. The van der Waals surface area contributed by atoms with E-state index in [0.29, 0.717) is 26.1 Å². The number of rotatable bonds is 5. The van der Waals surface area contributed by atoms with Crippen molar-refractivity contribution >= 4 is 5.78 Å². The minimum Gasteiger partial charge on any atom is -0.381 e. The monoisotopic (exact) mass is 262 g/mol. The van der Waals surface area contributed by atoms with E-state index in [-0.39, 0.29) is 5.78 Å². The van der Waals surface area contributed by atoms with Gasteiger partial charge in [-0.15, -0.1) is 0 Å². The van der Waals surface area contributed by atoms with Gasteiger partial charge in [-0.3, -0.25) is 4.79 Å². The lowest BCUT2D eigenvalue weighted by Crippen LogP contribution is -2.45. The number of aryl methyl sites for hydroxylation is 1. The van der Waals surface area contributed by atoms with Gasteiger partial charge in [-0.05, 0) is 18.1 Å². The Balaban J connectivity index is 2.24. The summed E-state index contributed by atoms with van der Waals surface area (Å²) in [6, 6.07) is 7.92. The fourth-order valence-electron chi connectivity index (χ4n) is 2.64. The second-order valence-electron chi connectivity index (χ2n) is 5.09. The molecule has 0 atom stereocenters. The molecular weight excluding hydrogens is 240 g/mol. The number of Topliss-reactive ketones (excluding diaryl/α,β-unsaturated/α-hetero) is 1. The van der Waals surface area contributed by atoms with Crippen molar-refractivity contribution in [3.05, 3.63) is 35.4 Å². The van der Waals surface area contributed by atoms with Crippen LogP contribution in [0.1, 0.15) is 42.1 Å². The van der Waals surface area contributed by atoms with Gasteiger partial charge in [0, 0.05) is 38.7 Å². The summed E-state index contributed by atoms with van der Waals surface area (Å²) >= 11 is 0. The van der Waals surface area contributed by atoms with Crippen molar-refractivity contribution in [1.29, 1.82) is 0 Å². The predicted molar refractivity (Wildman–Crippen MR) is 74.6 cm³/mol. The van der Waals surface area contributed by atoms with Crippen LogP contribution in [0.5, 0.6) is 0 Å². The van der Waals surface area contributed by atoms with E-state index in [2.05, 4.69) is 13.0 Å². The molecule has 0 bridgehead atoms. The van der Waals surface area contributed by atoms with Crippen molar-refractivity contribution in [2.45, 2.75) is 38.2 Å². The summed E-state index contributed by atoms with van der Waals surface area (Å²) in [5, 5.41) is 0. The highest BCUT2D eigenvalue weighted by Gasteiger charge is 2.40. The van der Waals surface area contributed by atoms with E-state index >= 15 is 0 Å². The molecule has 104 valence electrons. The SMILES string of the molecule is CCCc1cccc(C(=O)C2(OC)CCOCC2)c1. The van der Waals surface area contributed by atoms with E-state index in [9.17, 15) is 4.79 Å². The van der Waals surface area contributed by atoms with Gasteiger partial charge in [-0.2, -0.15) is 0 Å². The minimum atomic E-state index is -0.691. The van der Waals surface area contributed by atoms with E-state index < -0.39 is 5.60 Å². The number of benzene rings is 1. The van der Waals surface area contributed by atoms with Gasteiger partial charge in [0.2, 0.25) is 0 Å².